The van der Waals surface area contributed by atoms with Crippen LogP contribution in [0.4, 0.5) is 9.18 Å². The maximum Gasteiger partial charge on any atom is 0.325 e. The highest BCUT2D eigenvalue weighted by atomic mass is 32.1. The summed E-state index contributed by atoms with van der Waals surface area (Å²) in [6.45, 7) is 4.98. The highest BCUT2D eigenvalue weighted by molar-refractivity contribution is 7.10. The number of nitrogens with zero attached hydrogens (tertiary/aromatic N) is 2. The van der Waals surface area contributed by atoms with E-state index in [1.165, 1.54) is 6.07 Å². The molecule has 3 amide bonds. The van der Waals surface area contributed by atoms with Crippen LogP contribution in [0.3, 0.4) is 0 Å². The van der Waals surface area contributed by atoms with E-state index in [0.29, 0.717) is 28.9 Å². The summed E-state index contributed by atoms with van der Waals surface area (Å²) < 4.78 is 15.9. The van der Waals surface area contributed by atoms with Gasteiger partial charge in [0.25, 0.3) is 5.91 Å². The summed E-state index contributed by atoms with van der Waals surface area (Å²) in [5.74, 6) is -1.02. The molecule has 1 aliphatic carbocycles. The second kappa shape index (κ2) is 7.66. The molecule has 6 nitrogen and oxygen atoms in total. The predicted molar refractivity (Wildman–Crippen MR) is 123 cm³/mol. The van der Waals surface area contributed by atoms with E-state index in [-0.39, 0.29) is 24.1 Å². The molecule has 170 valence electrons. The number of fused-ring (bicyclic) bond motifs is 2. The summed E-state index contributed by atoms with van der Waals surface area (Å²) in [5, 5.41) is 4.82. The van der Waals surface area contributed by atoms with Crippen LogP contribution < -0.4 is 5.32 Å². The van der Waals surface area contributed by atoms with E-state index in [2.05, 4.69) is 5.32 Å². The molecule has 0 unspecified atom stereocenters. The predicted octanol–water partition coefficient (Wildman–Crippen LogP) is 4.57. The van der Waals surface area contributed by atoms with E-state index in [0.717, 1.165) is 33.9 Å². The van der Waals surface area contributed by atoms with Gasteiger partial charge in [-0.1, -0.05) is 6.07 Å². The Morgan fingerprint density at radius 3 is 2.73 bits per heavy atom. The zero-order valence-corrected chi connectivity index (χ0v) is 19.5. The van der Waals surface area contributed by atoms with Crippen molar-refractivity contribution in [2.24, 2.45) is 0 Å². The number of rotatable bonds is 4. The number of benzene rings is 1. The highest BCUT2D eigenvalue weighted by Gasteiger charge is 2.54. The van der Waals surface area contributed by atoms with Gasteiger partial charge in [0, 0.05) is 33.1 Å². The normalized spacial score (nSPS) is 19.8. The molecule has 33 heavy (non-hydrogen) atoms. The quantitative estimate of drug-likeness (QED) is 0.453. The van der Waals surface area contributed by atoms with Crippen LogP contribution in [0.5, 0.6) is 0 Å². The largest absolute Gasteiger partial charge is 0.325 e. The van der Waals surface area contributed by atoms with Crippen LogP contribution in [0.25, 0.3) is 5.69 Å². The third kappa shape index (κ3) is 3.23. The second-order valence-corrected chi connectivity index (χ2v) is 9.82. The average molecular weight is 466 g/mol. The summed E-state index contributed by atoms with van der Waals surface area (Å²) in [7, 11) is 0. The fraction of sp³-hybridized carbons (Fsp3) is 0.320. The number of amides is 3. The Kier molecular flexibility index (Phi) is 5.01. The van der Waals surface area contributed by atoms with Gasteiger partial charge in [-0.15, -0.1) is 11.3 Å². The number of Topliss-reactive ketones (excluding diaryl/α,β-unsaturated/α-hetero) is 1. The number of urea groups is 1. The first kappa shape index (κ1) is 21.6. The molecule has 1 saturated heterocycles. The van der Waals surface area contributed by atoms with Gasteiger partial charge in [-0.2, -0.15) is 0 Å². The summed E-state index contributed by atoms with van der Waals surface area (Å²) in [6.07, 6.45) is 2.22. The van der Waals surface area contributed by atoms with E-state index in [9.17, 15) is 18.8 Å². The number of nitrogens with one attached hydrogen (secondary N) is 1. The van der Waals surface area contributed by atoms with Crippen molar-refractivity contribution >= 4 is 29.1 Å². The van der Waals surface area contributed by atoms with Crippen molar-refractivity contribution < 1.29 is 18.8 Å². The first-order valence-corrected chi connectivity index (χ1v) is 11.8. The molecule has 2 aliphatic rings. The van der Waals surface area contributed by atoms with Crippen LogP contribution >= 0.6 is 11.3 Å². The number of halogens is 1. The topological polar surface area (TPSA) is 71.4 Å². The molecule has 5 rings (SSSR count). The number of aryl methyl sites for hydroxylation is 3. The summed E-state index contributed by atoms with van der Waals surface area (Å²) >= 11 is 1.59. The van der Waals surface area contributed by atoms with Crippen molar-refractivity contribution in [3.05, 3.63) is 74.5 Å². The van der Waals surface area contributed by atoms with Crippen molar-refractivity contribution in [2.45, 2.75) is 45.6 Å². The van der Waals surface area contributed by atoms with Crippen molar-refractivity contribution in [2.75, 3.05) is 6.54 Å². The van der Waals surface area contributed by atoms with Crippen molar-refractivity contribution in [3.63, 3.8) is 0 Å². The molecule has 0 bridgehead atoms. The molecule has 3 aromatic rings. The molecule has 1 N–H and O–H groups in total. The Labute approximate surface area is 195 Å². The van der Waals surface area contributed by atoms with Crippen molar-refractivity contribution in [3.8, 4) is 5.69 Å². The number of thiophene rings is 1. The number of ketones is 1. The van der Waals surface area contributed by atoms with E-state index < -0.39 is 11.6 Å². The Bertz CT molecular complexity index is 1320. The van der Waals surface area contributed by atoms with Crippen LogP contribution in [0.15, 0.2) is 35.7 Å². The summed E-state index contributed by atoms with van der Waals surface area (Å²) in [5.41, 5.74) is 2.76. The molecule has 0 saturated carbocycles. The lowest BCUT2D eigenvalue weighted by molar-refractivity contribution is -0.131. The molecule has 1 fully saturated rings. The molecule has 1 atom stereocenters. The zero-order valence-electron chi connectivity index (χ0n) is 18.7. The van der Waals surface area contributed by atoms with E-state index in [4.69, 9.17) is 0 Å². The van der Waals surface area contributed by atoms with E-state index in [1.54, 1.807) is 43.4 Å². The number of carbonyl (C=O) groups excluding carboxylic acids is 3. The lowest BCUT2D eigenvalue weighted by atomic mass is 9.80. The summed E-state index contributed by atoms with van der Waals surface area (Å²) in [4.78, 5) is 41.6. The van der Waals surface area contributed by atoms with E-state index in [1.807, 2.05) is 22.9 Å². The Balaban J connectivity index is 1.44. The Morgan fingerprint density at radius 1 is 1.18 bits per heavy atom. The minimum absolute atomic E-state index is 0.321. The van der Waals surface area contributed by atoms with Crippen LogP contribution in [0, 0.1) is 26.6 Å². The van der Waals surface area contributed by atoms with Gasteiger partial charge >= 0.3 is 6.03 Å². The molecule has 0 radical (unpaired) electrons. The smallest absolute Gasteiger partial charge is 0.319 e. The molecule has 3 heterocycles. The van der Waals surface area contributed by atoms with Gasteiger partial charge in [0.05, 0.1) is 6.54 Å². The molecular formula is C25H24FN3O3S. The van der Waals surface area contributed by atoms with Crippen LogP contribution in [0.2, 0.25) is 0 Å². The van der Waals surface area contributed by atoms with Gasteiger partial charge < -0.3 is 9.88 Å². The fourth-order valence-corrected chi connectivity index (χ4v) is 6.08. The maximum atomic E-state index is 14.1. The molecular weight excluding hydrogens is 441 g/mol. The van der Waals surface area contributed by atoms with Gasteiger partial charge in [-0.05, 0) is 75.2 Å². The minimum Gasteiger partial charge on any atom is -0.319 e. The number of imide groups is 1. The molecule has 1 aliphatic heterocycles. The van der Waals surface area contributed by atoms with Crippen LogP contribution in [0.1, 0.15) is 50.6 Å². The third-order valence-electron chi connectivity index (χ3n) is 6.78. The molecule has 8 heteroatoms. The van der Waals surface area contributed by atoms with E-state index >= 15 is 0 Å². The monoisotopic (exact) mass is 465 g/mol. The first-order chi connectivity index (χ1) is 15.7. The Hall–Kier alpha value is -3.26. The highest BCUT2D eigenvalue weighted by Crippen LogP contribution is 2.42. The lowest BCUT2D eigenvalue weighted by Gasteiger charge is -2.31. The van der Waals surface area contributed by atoms with Crippen molar-refractivity contribution in [1.82, 2.24) is 14.8 Å². The van der Waals surface area contributed by atoms with Crippen LogP contribution in [-0.4, -0.2) is 33.7 Å². The third-order valence-corrected chi connectivity index (χ3v) is 7.76. The van der Waals surface area contributed by atoms with Gasteiger partial charge in [-0.3, -0.25) is 14.5 Å². The minimum atomic E-state index is -1.07. The Morgan fingerprint density at radius 2 is 1.97 bits per heavy atom. The fourth-order valence-electron chi connectivity index (χ4n) is 5.08. The van der Waals surface area contributed by atoms with Gasteiger partial charge in [-0.25, -0.2) is 9.18 Å². The average Bonchev–Trinajstić information content (AvgIpc) is 3.43. The second-order valence-electron chi connectivity index (χ2n) is 8.81. The number of hydrogen-bond acceptors (Lipinski definition) is 4. The molecule has 2 aromatic heterocycles. The standard InChI is InChI=1S/C25H24FN3O3S/c1-14-6-7-17(12-20(14)26)29-15(2)11-18(16(29)3)21(30)13-28-23(31)25(27-24(28)32)9-4-5-22-19(25)8-10-33-22/h6-8,10-12H,4-5,9,13H2,1-3H3,(H,27,32)/t25-/m0/s1. The lowest BCUT2D eigenvalue weighted by Crippen LogP contribution is -2.46. The van der Waals surface area contributed by atoms with Gasteiger partial charge in [0.15, 0.2) is 5.78 Å². The van der Waals surface area contributed by atoms with Crippen LogP contribution in [-0.2, 0) is 16.8 Å². The number of hydrogen-bond donors (Lipinski definition) is 1. The maximum absolute atomic E-state index is 14.1. The van der Waals surface area contributed by atoms with Gasteiger partial charge in [0.2, 0.25) is 0 Å². The molecule has 1 aromatic carbocycles. The van der Waals surface area contributed by atoms with Crippen molar-refractivity contribution in [1.29, 1.82) is 0 Å². The first-order valence-electron chi connectivity index (χ1n) is 10.9. The summed E-state index contributed by atoms with van der Waals surface area (Å²) in [6, 6.07) is 8.02. The number of aromatic nitrogens is 1. The zero-order chi connectivity index (χ0) is 23.5. The SMILES string of the molecule is Cc1ccc(-n2c(C)cc(C(=O)CN3C(=O)N[C@]4(CCCc5sccc54)C3=O)c2C)cc1F. The van der Waals surface area contributed by atoms with Gasteiger partial charge in [0.1, 0.15) is 11.4 Å². The molecule has 1 spiro atoms. The number of carbonyl (C=O) groups is 3.